The second-order valence-electron chi connectivity index (χ2n) is 5.23. The SMILES string of the molecule is O=[N+]([O-])c1ccc(N2CCOc3ccccc32)c2ncccc12. The van der Waals surface area contributed by atoms with Crippen molar-refractivity contribution in [3.8, 4) is 5.75 Å². The van der Waals surface area contributed by atoms with Crippen LogP contribution in [0.4, 0.5) is 17.1 Å². The van der Waals surface area contributed by atoms with Crippen LogP contribution in [0.5, 0.6) is 5.75 Å². The Bertz CT molecular complexity index is 910. The second-order valence-corrected chi connectivity index (χ2v) is 5.23. The van der Waals surface area contributed by atoms with Gasteiger partial charge in [0.15, 0.2) is 0 Å². The van der Waals surface area contributed by atoms with Gasteiger partial charge in [0.05, 0.1) is 28.2 Å². The number of hydrogen-bond acceptors (Lipinski definition) is 5. The molecule has 6 nitrogen and oxygen atoms in total. The lowest BCUT2D eigenvalue weighted by atomic mass is 10.1. The Morgan fingerprint density at radius 2 is 1.96 bits per heavy atom. The quantitative estimate of drug-likeness (QED) is 0.533. The van der Waals surface area contributed by atoms with Crippen molar-refractivity contribution in [2.45, 2.75) is 0 Å². The number of nitrogens with zero attached hydrogens (tertiary/aromatic N) is 3. The zero-order valence-corrected chi connectivity index (χ0v) is 12.2. The van der Waals surface area contributed by atoms with Crippen LogP contribution in [0.2, 0.25) is 0 Å². The number of aromatic nitrogens is 1. The summed E-state index contributed by atoms with van der Waals surface area (Å²) >= 11 is 0. The van der Waals surface area contributed by atoms with Gasteiger partial charge in [-0.25, -0.2) is 0 Å². The van der Waals surface area contributed by atoms with E-state index in [1.807, 2.05) is 24.3 Å². The Hall–Kier alpha value is -3.15. The summed E-state index contributed by atoms with van der Waals surface area (Å²) in [7, 11) is 0. The minimum Gasteiger partial charge on any atom is -0.490 e. The summed E-state index contributed by atoms with van der Waals surface area (Å²) < 4.78 is 5.68. The average Bonchev–Trinajstić information content (AvgIpc) is 2.60. The first-order valence-corrected chi connectivity index (χ1v) is 7.27. The number of nitro groups is 1. The van der Waals surface area contributed by atoms with Gasteiger partial charge in [0.25, 0.3) is 5.69 Å². The van der Waals surface area contributed by atoms with Crippen LogP contribution in [-0.2, 0) is 0 Å². The topological polar surface area (TPSA) is 68.5 Å². The van der Waals surface area contributed by atoms with Crippen molar-refractivity contribution in [3.63, 3.8) is 0 Å². The molecule has 2 heterocycles. The maximum atomic E-state index is 11.2. The maximum Gasteiger partial charge on any atom is 0.278 e. The van der Waals surface area contributed by atoms with E-state index in [1.165, 1.54) is 6.07 Å². The first-order valence-electron chi connectivity index (χ1n) is 7.27. The predicted octanol–water partition coefficient (Wildman–Crippen LogP) is 3.67. The van der Waals surface area contributed by atoms with Gasteiger partial charge in [0.1, 0.15) is 17.9 Å². The normalized spacial score (nSPS) is 13.5. The van der Waals surface area contributed by atoms with Crippen molar-refractivity contribution in [2.24, 2.45) is 0 Å². The van der Waals surface area contributed by atoms with Crippen molar-refractivity contribution in [1.82, 2.24) is 4.98 Å². The highest BCUT2D eigenvalue weighted by Gasteiger charge is 2.23. The van der Waals surface area contributed by atoms with Crippen molar-refractivity contribution >= 4 is 28.0 Å². The molecule has 0 fully saturated rings. The fourth-order valence-electron chi connectivity index (χ4n) is 2.94. The van der Waals surface area contributed by atoms with Gasteiger partial charge in [0, 0.05) is 12.3 Å². The lowest BCUT2D eigenvalue weighted by Gasteiger charge is -2.31. The largest absolute Gasteiger partial charge is 0.490 e. The third kappa shape index (κ3) is 2.15. The minimum atomic E-state index is -0.374. The molecule has 6 heteroatoms. The molecule has 0 amide bonds. The first-order chi connectivity index (χ1) is 11.3. The minimum absolute atomic E-state index is 0.0680. The summed E-state index contributed by atoms with van der Waals surface area (Å²) in [5, 5.41) is 11.8. The van der Waals surface area contributed by atoms with Crippen molar-refractivity contribution in [2.75, 3.05) is 18.1 Å². The number of non-ortho nitro benzene ring substituents is 1. The van der Waals surface area contributed by atoms with Gasteiger partial charge in [-0.05, 0) is 30.3 Å². The highest BCUT2D eigenvalue weighted by molar-refractivity contribution is 5.98. The summed E-state index contributed by atoms with van der Waals surface area (Å²) in [5.74, 6) is 0.807. The lowest BCUT2D eigenvalue weighted by molar-refractivity contribution is -0.383. The fraction of sp³-hybridized carbons (Fsp3) is 0.118. The lowest BCUT2D eigenvalue weighted by Crippen LogP contribution is -2.28. The van der Waals surface area contributed by atoms with Crippen molar-refractivity contribution < 1.29 is 9.66 Å². The molecule has 0 bridgehead atoms. The highest BCUT2D eigenvalue weighted by atomic mass is 16.6. The average molecular weight is 307 g/mol. The van der Waals surface area contributed by atoms with Crippen LogP contribution < -0.4 is 9.64 Å². The van der Waals surface area contributed by atoms with Crippen LogP contribution >= 0.6 is 0 Å². The number of nitro benzene ring substituents is 1. The van der Waals surface area contributed by atoms with E-state index in [-0.39, 0.29) is 10.6 Å². The van der Waals surface area contributed by atoms with E-state index in [1.54, 1.807) is 24.4 Å². The van der Waals surface area contributed by atoms with Crippen LogP contribution in [0.15, 0.2) is 54.7 Å². The molecular formula is C17H13N3O3. The Morgan fingerprint density at radius 1 is 1.09 bits per heavy atom. The molecule has 4 rings (SSSR count). The van der Waals surface area contributed by atoms with Crippen LogP contribution in [0.1, 0.15) is 0 Å². The summed E-state index contributed by atoms with van der Waals surface area (Å²) in [6.07, 6.45) is 1.65. The molecular weight excluding hydrogens is 294 g/mol. The molecule has 3 aromatic rings. The number of fused-ring (bicyclic) bond motifs is 2. The predicted molar refractivity (Wildman–Crippen MR) is 87.3 cm³/mol. The van der Waals surface area contributed by atoms with Crippen LogP contribution in [0.25, 0.3) is 10.9 Å². The summed E-state index contributed by atoms with van der Waals surface area (Å²) in [5.41, 5.74) is 2.48. The van der Waals surface area contributed by atoms with Gasteiger partial charge < -0.3 is 9.64 Å². The Balaban J connectivity index is 1.95. The van der Waals surface area contributed by atoms with Gasteiger partial charge in [0.2, 0.25) is 0 Å². The molecule has 0 spiro atoms. The molecule has 1 aliphatic heterocycles. The Kier molecular flexibility index (Phi) is 3.08. The smallest absolute Gasteiger partial charge is 0.278 e. The zero-order valence-electron chi connectivity index (χ0n) is 12.2. The number of benzene rings is 2. The molecule has 2 aromatic carbocycles. The van der Waals surface area contributed by atoms with E-state index in [2.05, 4.69) is 9.88 Å². The zero-order chi connectivity index (χ0) is 15.8. The van der Waals surface area contributed by atoms with E-state index < -0.39 is 0 Å². The highest BCUT2D eigenvalue weighted by Crippen LogP contribution is 2.40. The van der Waals surface area contributed by atoms with E-state index in [0.29, 0.717) is 24.1 Å². The van der Waals surface area contributed by atoms with Gasteiger partial charge >= 0.3 is 0 Å². The van der Waals surface area contributed by atoms with E-state index >= 15 is 0 Å². The van der Waals surface area contributed by atoms with Gasteiger partial charge in [-0.2, -0.15) is 0 Å². The molecule has 23 heavy (non-hydrogen) atoms. The molecule has 0 N–H and O–H groups in total. The molecule has 114 valence electrons. The molecule has 1 aliphatic rings. The number of rotatable bonds is 2. The number of hydrogen-bond donors (Lipinski definition) is 0. The van der Waals surface area contributed by atoms with Gasteiger partial charge in [-0.15, -0.1) is 0 Å². The van der Waals surface area contributed by atoms with Crippen LogP contribution in [0.3, 0.4) is 0 Å². The van der Waals surface area contributed by atoms with Gasteiger partial charge in [-0.3, -0.25) is 15.1 Å². The van der Waals surface area contributed by atoms with Crippen LogP contribution in [-0.4, -0.2) is 23.1 Å². The monoisotopic (exact) mass is 307 g/mol. The Morgan fingerprint density at radius 3 is 2.83 bits per heavy atom. The molecule has 0 atom stereocenters. The van der Waals surface area contributed by atoms with Crippen LogP contribution in [0, 0.1) is 10.1 Å². The maximum absolute atomic E-state index is 11.2. The van der Waals surface area contributed by atoms with Crippen molar-refractivity contribution in [3.05, 3.63) is 64.8 Å². The van der Waals surface area contributed by atoms with E-state index in [0.717, 1.165) is 17.1 Å². The number of pyridine rings is 1. The van der Waals surface area contributed by atoms with Crippen molar-refractivity contribution in [1.29, 1.82) is 0 Å². The molecule has 0 saturated heterocycles. The molecule has 0 aliphatic carbocycles. The number of anilines is 2. The third-order valence-electron chi connectivity index (χ3n) is 3.94. The fourth-order valence-corrected chi connectivity index (χ4v) is 2.94. The third-order valence-corrected chi connectivity index (χ3v) is 3.94. The molecule has 1 aromatic heterocycles. The number of para-hydroxylation sites is 2. The standard InChI is InChI=1S/C17H13N3O3/c21-20(22)13-7-8-15(17-12(13)4-3-9-18-17)19-10-11-23-16-6-2-1-5-14(16)19/h1-9H,10-11H2. The first kappa shape index (κ1) is 13.5. The van der Waals surface area contributed by atoms with E-state index in [9.17, 15) is 10.1 Å². The molecule has 0 saturated carbocycles. The van der Waals surface area contributed by atoms with E-state index in [4.69, 9.17) is 4.74 Å². The molecule has 0 unspecified atom stereocenters. The number of ether oxygens (including phenoxy) is 1. The summed E-state index contributed by atoms with van der Waals surface area (Å²) in [4.78, 5) is 17.4. The summed E-state index contributed by atoms with van der Waals surface area (Å²) in [6, 6.07) is 14.5. The molecule has 0 radical (unpaired) electrons. The Labute approximate surface area is 132 Å². The second kappa shape index (κ2) is 5.24. The summed E-state index contributed by atoms with van der Waals surface area (Å²) in [6.45, 7) is 1.23. The van der Waals surface area contributed by atoms with Gasteiger partial charge in [-0.1, -0.05) is 12.1 Å².